The van der Waals surface area contributed by atoms with Gasteiger partial charge in [-0.1, -0.05) is 15.9 Å². The second-order valence-corrected chi connectivity index (χ2v) is 7.76. The highest BCUT2D eigenvalue weighted by Crippen LogP contribution is 2.20. The van der Waals surface area contributed by atoms with Gasteiger partial charge in [0.1, 0.15) is 0 Å². The minimum atomic E-state index is 0.128. The second kappa shape index (κ2) is 7.16. The normalized spacial score (nSPS) is 12.2. The molecule has 0 aliphatic rings. The standard InChI is InChI=1S/C18H27BrN4/c1-13-17(11-20-12-18(3,4)22(5)6)14(2)23(21-13)16-9-7-15(19)8-10-16/h7-10,20H,11-12H2,1-6H3. The SMILES string of the molecule is Cc1nn(-c2ccc(Br)cc2)c(C)c1CNCC(C)(C)N(C)C. The average molecular weight is 379 g/mol. The van der Waals surface area contributed by atoms with Crippen molar-refractivity contribution in [2.45, 2.75) is 39.8 Å². The number of rotatable bonds is 6. The van der Waals surface area contributed by atoms with Crippen LogP contribution in [0.2, 0.25) is 0 Å². The molecular formula is C18H27BrN4. The van der Waals surface area contributed by atoms with Crippen LogP contribution in [0.4, 0.5) is 0 Å². The molecule has 126 valence electrons. The molecule has 0 aliphatic carbocycles. The maximum atomic E-state index is 4.71. The Morgan fingerprint density at radius 1 is 1.17 bits per heavy atom. The van der Waals surface area contributed by atoms with Crippen LogP contribution in [0.25, 0.3) is 5.69 Å². The third-order valence-corrected chi connectivity index (χ3v) is 5.11. The molecule has 1 N–H and O–H groups in total. The Bertz CT molecular complexity index is 656. The Labute approximate surface area is 148 Å². The molecule has 5 heteroatoms. The molecule has 1 aromatic heterocycles. The van der Waals surface area contributed by atoms with Crippen molar-refractivity contribution >= 4 is 15.9 Å². The summed E-state index contributed by atoms with van der Waals surface area (Å²) in [5.74, 6) is 0. The summed E-state index contributed by atoms with van der Waals surface area (Å²) >= 11 is 3.48. The zero-order chi connectivity index (χ0) is 17.2. The maximum absolute atomic E-state index is 4.71. The van der Waals surface area contributed by atoms with Gasteiger partial charge >= 0.3 is 0 Å². The largest absolute Gasteiger partial charge is 0.311 e. The summed E-state index contributed by atoms with van der Waals surface area (Å²) in [6.45, 7) is 10.5. The summed E-state index contributed by atoms with van der Waals surface area (Å²) in [6, 6.07) is 8.25. The minimum Gasteiger partial charge on any atom is -0.311 e. The second-order valence-electron chi connectivity index (χ2n) is 6.85. The van der Waals surface area contributed by atoms with Gasteiger partial charge < -0.3 is 10.2 Å². The average Bonchev–Trinajstić information content (AvgIpc) is 2.76. The molecule has 0 saturated heterocycles. The third kappa shape index (κ3) is 4.22. The fraction of sp³-hybridized carbons (Fsp3) is 0.500. The number of hydrogen-bond acceptors (Lipinski definition) is 3. The molecule has 0 spiro atoms. The van der Waals surface area contributed by atoms with Gasteiger partial charge in [0.05, 0.1) is 11.4 Å². The smallest absolute Gasteiger partial charge is 0.0649 e. The van der Waals surface area contributed by atoms with Gasteiger partial charge in [0.2, 0.25) is 0 Å². The number of hydrogen-bond donors (Lipinski definition) is 1. The minimum absolute atomic E-state index is 0.128. The van der Waals surface area contributed by atoms with E-state index in [4.69, 9.17) is 5.10 Å². The number of aromatic nitrogens is 2. The van der Waals surface area contributed by atoms with E-state index in [0.29, 0.717) is 0 Å². The molecule has 0 atom stereocenters. The molecule has 4 nitrogen and oxygen atoms in total. The van der Waals surface area contributed by atoms with Gasteiger partial charge in [0, 0.05) is 34.4 Å². The summed E-state index contributed by atoms with van der Waals surface area (Å²) in [7, 11) is 4.23. The highest BCUT2D eigenvalue weighted by molar-refractivity contribution is 9.10. The molecule has 0 aliphatic heterocycles. The summed E-state index contributed by atoms with van der Waals surface area (Å²) in [6.07, 6.45) is 0. The first-order chi connectivity index (χ1) is 10.7. The van der Waals surface area contributed by atoms with Crippen LogP contribution < -0.4 is 5.32 Å². The van der Waals surface area contributed by atoms with Crippen LogP contribution in [0.5, 0.6) is 0 Å². The van der Waals surface area contributed by atoms with Crippen molar-refractivity contribution in [3.8, 4) is 5.69 Å². The first kappa shape index (κ1) is 18.2. The van der Waals surface area contributed by atoms with Gasteiger partial charge in [-0.3, -0.25) is 0 Å². The lowest BCUT2D eigenvalue weighted by atomic mass is 10.0. The Morgan fingerprint density at radius 3 is 2.35 bits per heavy atom. The van der Waals surface area contributed by atoms with Gasteiger partial charge in [-0.25, -0.2) is 4.68 Å². The van der Waals surface area contributed by atoms with Crippen LogP contribution in [0.15, 0.2) is 28.7 Å². The molecule has 0 unspecified atom stereocenters. The highest BCUT2D eigenvalue weighted by atomic mass is 79.9. The number of halogens is 1. The molecule has 2 rings (SSSR count). The van der Waals surface area contributed by atoms with Crippen molar-refractivity contribution < 1.29 is 0 Å². The Kier molecular flexibility index (Phi) is 5.65. The van der Waals surface area contributed by atoms with Gasteiger partial charge in [-0.2, -0.15) is 5.10 Å². The predicted octanol–water partition coefficient (Wildman–Crippen LogP) is 3.68. The van der Waals surface area contributed by atoms with Crippen LogP contribution in [-0.4, -0.2) is 40.9 Å². The topological polar surface area (TPSA) is 33.1 Å². The Balaban J connectivity index is 2.14. The van der Waals surface area contributed by atoms with E-state index in [1.165, 1.54) is 11.3 Å². The van der Waals surface area contributed by atoms with E-state index in [9.17, 15) is 0 Å². The fourth-order valence-electron chi connectivity index (χ4n) is 2.42. The van der Waals surface area contributed by atoms with Crippen molar-refractivity contribution in [3.63, 3.8) is 0 Å². The van der Waals surface area contributed by atoms with E-state index in [2.05, 4.69) is 80.1 Å². The van der Waals surface area contributed by atoms with E-state index < -0.39 is 0 Å². The molecule has 2 aromatic rings. The first-order valence-electron chi connectivity index (χ1n) is 7.91. The molecule has 1 aromatic carbocycles. The summed E-state index contributed by atoms with van der Waals surface area (Å²) < 4.78 is 3.10. The van der Waals surface area contributed by atoms with Crippen molar-refractivity contribution in [1.82, 2.24) is 20.0 Å². The van der Waals surface area contributed by atoms with Crippen molar-refractivity contribution in [2.75, 3.05) is 20.6 Å². The van der Waals surface area contributed by atoms with E-state index in [1.807, 2.05) is 16.8 Å². The van der Waals surface area contributed by atoms with Gasteiger partial charge in [-0.15, -0.1) is 0 Å². The first-order valence-corrected chi connectivity index (χ1v) is 8.71. The molecule has 0 saturated carbocycles. The number of aryl methyl sites for hydroxylation is 1. The quantitative estimate of drug-likeness (QED) is 0.831. The number of benzene rings is 1. The zero-order valence-electron chi connectivity index (χ0n) is 14.9. The predicted molar refractivity (Wildman–Crippen MR) is 100 cm³/mol. The molecule has 0 bridgehead atoms. The molecule has 0 fully saturated rings. The third-order valence-electron chi connectivity index (χ3n) is 4.58. The van der Waals surface area contributed by atoms with Gasteiger partial charge in [0.15, 0.2) is 0 Å². The van der Waals surface area contributed by atoms with Crippen LogP contribution in [0, 0.1) is 13.8 Å². The van der Waals surface area contributed by atoms with Crippen molar-refractivity contribution in [3.05, 3.63) is 45.7 Å². The maximum Gasteiger partial charge on any atom is 0.0649 e. The summed E-state index contributed by atoms with van der Waals surface area (Å²) in [5, 5.41) is 8.29. The Morgan fingerprint density at radius 2 is 1.78 bits per heavy atom. The van der Waals surface area contributed by atoms with E-state index in [1.54, 1.807) is 0 Å². The van der Waals surface area contributed by atoms with Gasteiger partial charge in [-0.05, 0) is 66.1 Å². The monoisotopic (exact) mass is 378 g/mol. The van der Waals surface area contributed by atoms with Crippen LogP contribution in [-0.2, 0) is 6.54 Å². The van der Waals surface area contributed by atoms with Crippen molar-refractivity contribution in [2.24, 2.45) is 0 Å². The lowest BCUT2D eigenvalue weighted by Gasteiger charge is -2.32. The number of likely N-dealkylation sites (N-methyl/N-ethyl adjacent to an activating group) is 1. The Hall–Kier alpha value is -1.17. The van der Waals surface area contributed by atoms with E-state index in [0.717, 1.165) is 28.9 Å². The van der Waals surface area contributed by atoms with Gasteiger partial charge in [0.25, 0.3) is 0 Å². The number of nitrogens with zero attached hydrogens (tertiary/aromatic N) is 3. The van der Waals surface area contributed by atoms with Crippen molar-refractivity contribution in [1.29, 1.82) is 0 Å². The fourth-order valence-corrected chi connectivity index (χ4v) is 2.68. The zero-order valence-corrected chi connectivity index (χ0v) is 16.5. The number of nitrogens with one attached hydrogen (secondary N) is 1. The van der Waals surface area contributed by atoms with E-state index >= 15 is 0 Å². The molecular weight excluding hydrogens is 352 g/mol. The van der Waals surface area contributed by atoms with Crippen LogP contribution in [0.3, 0.4) is 0 Å². The summed E-state index contributed by atoms with van der Waals surface area (Å²) in [4.78, 5) is 2.24. The molecule has 0 amide bonds. The summed E-state index contributed by atoms with van der Waals surface area (Å²) in [5.41, 5.74) is 4.78. The molecule has 0 radical (unpaired) electrons. The van der Waals surface area contributed by atoms with Crippen LogP contribution in [0.1, 0.15) is 30.8 Å². The molecule has 23 heavy (non-hydrogen) atoms. The van der Waals surface area contributed by atoms with Crippen LogP contribution >= 0.6 is 15.9 Å². The molecule has 1 heterocycles. The lowest BCUT2D eigenvalue weighted by Crippen LogP contribution is -2.46. The van der Waals surface area contributed by atoms with E-state index in [-0.39, 0.29) is 5.54 Å². The lowest BCUT2D eigenvalue weighted by molar-refractivity contribution is 0.189. The highest BCUT2D eigenvalue weighted by Gasteiger charge is 2.20.